The Morgan fingerprint density at radius 3 is 2.79 bits per heavy atom. The molecule has 2 N–H and O–H groups in total. The van der Waals surface area contributed by atoms with Crippen molar-refractivity contribution in [2.24, 2.45) is 0 Å². The van der Waals surface area contributed by atoms with Gasteiger partial charge in [0.2, 0.25) is 0 Å². The fraction of sp³-hybridized carbons (Fsp3) is 0.333. The van der Waals surface area contributed by atoms with Crippen LogP contribution < -0.4 is 5.32 Å². The molecule has 1 aromatic rings. The average Bonchev–Trinajstić information content (AvgIpc) is 2.20. The lowest BCUT2D eigenvalue weighted by atomic mass is 10.1. The monoisotopic (exact) mass is 189 g/mol. The number of aliphatic hydroxyl groups excluding tert-OH is 1. The van der Waals surface area contributed by atoms with Crippen LogP contribution in [0.5, 0.6) is 0 Å². The van der Waals surface area contributed by atoms with Crippen molar-refractivity contribution >= 4 is 0 Å². The number of nitrogens with one attached hydrogen (secondary N) is 1. The van der Waals surface area contributed by atoms with E-state index < -0.39 is 0 Å². The van der Waals surface area contributed by atoms with E-state index in [1.165, 1.54) is 0 Å². The van der Waals surface area contributed by atoms with Gasteiger partial charge in [0.15, 0.2) is 0 Å². The highest BCUT2D eigenvalue weighted by molar-refractivity contribution is 5.42. The van der Waals surface area contributed by atoms with Gasteiger partial charge in [-0.2, -0.15) is 0 Å². The van der Waals surface area contributed by atoms with Crippen molar-refractivity contribution in [3.05, 3.63) is 34.9 Å². The van der Waals surface area contributed by atoms with Crippen molar-refractivity contribution in [3.8, 4) is 11.8 Å². The number of hydrogen-bond donors (Lipinski definition) is 2. The van der Waals surface area contributed by atoms with E-state index in [4.69, 9.17) is 5.11 Å². The first kappa shape index (κ1) is 10.8. The van der Waals surface area contributed by atoms with Crippen molar-refractivity contribution in [2.45, 2.75) is 13.5 Å². The smallest absolute Gasteiger partial charge is 0.0681 e. The SMILES string of the molecule is CNCC#Cc1ccc(CO)cc1C. The van der Waals surface area contributed by atoms with Crippen LogP contribution in [0.1, 0.15) is 16.7 Å². The Morgan fingerprint density at radius 2 is 2.21 bits per heavy atom. The van der Waals surface area contributed by atoms with Gasteiger partial charge in [-0.15, -0.1) is 0 Å². The van der Waals surface area contributed by atoms with Crippen molar-refractivity contribution in [1.29, 1.82) is 0 Å². The molecular weight excluding hydrogens is 174 g/mol. The normalized spacial score (nSPS) is 9.36. The Morgan fingerprint density at radius 1 is 1.43 bits per heavy atom. The first-order chi connectivity index (χ1) is 6.77. The quantitative estimate of drug-likeness (QED) is 0.682. The molecule has 0 bridgehead atoms. The van der Waals surface area contributed by atoms with Gasteiger partial charge in [-0.3, -0.25) is 0 Å². The predicted molar refractivity (Wildman–Crippen MR) is 57.9 cm³/mol. The third kappa shape index (κ3) is 2.88. The number of hydrogen-bond acceptors (Lipinski definition) is 2. The summed E-state index contributed by atoms with van der Waals surface area (Å²) in [6, 6.07) is 5.81. The van der Waals surface area contributed by atoms with Crippen LogP contribution in [0.25, 0.3) is 0 Å². The molecule has 1 aromatic carbocycles. The summed E-state index contributed by atoms with van der Waals surface area (Å²) in [7, 11) is 1.87. The van der Waals surface area contributed by atoms with E-state index in [1.807, 2.05) is 32.2 Å². The molecule has 0 saturated heterocycles. The Labute approximate surface area is 85.0 Å². The summed E-state index contributed by atoms with van der Waals surface area (Å²) in [6.45, 7) is 2.79. The summed E-state index contributed by atoms with van der Waals surface area (Å²) in [4.78, 5) is 0. The zero-order chi connectivity index (χ0) is 10.4. The van der Waals surface area contributed by atoms with Crippen molar-refractivity contribution < 1.29 is 5.11 Å². The number of rotatable bonds is 2. The average molecular weight is 189 g/mol. The Hall–Kier alpha value is -1.30. The van der Waals surface area contributed by atoms with Crippen LogP contribution in [-0.2, 0) is 6.61 Å². The molecule has 0 saturated carbocycles. The molecule has 0 fully saturated rings. The summed E-state index contributed by atoms with van der Waals surface area (Å²) >= 11 is 0. The lowest BCUT2D eigenvalue weighted by molar-refractivity contribution is 0.282. The molecule has 0 unspecified atom stereocenters. The van der Waals surface area contributed by atoms with Gasteiger partial charge in [0, 0.05) is 5.56 Å². The molecule has 0 aliphatic carbocycles. The maximum Gasteiger partial charge on any atom is 0.0681 e. The standard InChI is InChI=1S/C12H15NO/c1-10-8-11(9-14)5-6-12(10)4-3-7-13-2/h5-6,8,13-14H,7,9H2,1-2H3. The van der Waals surface area contributed by atoms with E-state index in [0.29, 0.717) is 6.54 Å². The molecule has 0 aliphatic rings. The van der Waals surface area contributed by atoms with E-state index in [-0.39, 0.29) is 6.61 Å². The van der Waals surface area contributed by atoms with Gasteiger partial charge < -0.3 is 10.4 Å². The van der Waals surface area contributed by atoms with Gasteiger partial charge in [-0.25, -0.2) is 0 Å². The van der Waals surface area contributed by atoms with E-state index in [9.17, 15) is 0 Å². The van der Waals surface area contributed by atoms with Crippen LogP contribution in [0, 0.1) is 18.8 Å². The molecule has 0 radical (unpaired) electrons. The fourth-order valence-electron chi connectivity index (χ4n) is 1.19. The van der Waals surface area contributed by atoms with Gasteiger partial charge in [-0.05, 0) is 31.2 Å². The first-order valence-corrected chi connectivity index (χ1v) is 4.61. The second-order valence-electron chi connectivity index (χ2n) is 3.14. The highest BCUT2D eigenvalue weighted by Gasteiger charge is 1.95. The largest absolute Gasteiger partial charge is 0.392 e. The zero-order valence-corrected chi connectivity index (χ0v) is 8.59. The van der Waals surface area contributed by atoms with Gasteiger partial charge >= 0.3 is 0 Å². The third-order valence-corrected chi connectivity index (χ3v) is 1.96. The van der Waals surface area contributed by atoms with Crippen LogP contribution in [0.2, 0.25) is 0 Å². The molecule has 0 atom stereocenters. The van der Waals surface area contributed by atoms with Crippen molar-refractivity contribution in [3.63, 3.8) is 0 Å². The summed E-state index contributed by atoms with van der Waals surface area (Å²) < 4.78 is 0. The van der Waals surface area contributed by atoms with Crippen molar-refractivity contribution in [2.75, 3.05) is 13.6 Å². The molecule has 1 rings (SSSR count). The number of aliphatic hydroxyl groups is 1. The second-order valence-corrected chi connectivity index (χ2v) is 3.14. The Balaban J connectivity index is 2.85. The first-order valence-electron chi connectivity index (χ1n) is 4.61. The van der Waals surface area contributed by atoms with Gasteiger partial charge in [0.05, 0.1) is 13.2 Å². The number of aryl methyl sites for hydroxylation is 1. The second kappa shape index (κ2) is 5.43. The van der Waals surface area contributed by atoms with Crippen LogP contribution in [-0.4, -0.2) is 18.7 Å². The van der Waals surface area contributed by atoms with E-state index in [1.54, 1.807) is 0 Å². The topological polar surface area (TPSA) is 32.3 Å². The zero-order valence-electron chi connectivity index (χ0n) is 8.59. The summed E-state index contributed by atoms with van der Waals surface area (Å²) in [5, 5.41) is 11.9. The maximum absolute atomic E-state index is 8.92. The van der Waals surface area contributed by atoms with E-state index in [0.717, 1.165) is 16.7 Å². The number of benzene rings is 1. The maximum atomic E-state index is 8.92. The van der Waals surface area contributed by atoms with Crippen LogP contribution >= 0.6 is 0 Å². The van der Waals surface area contributed by atoms with E-state index >= 15 is 0 Å². The lowest BCUT2D eigenvalue weighted by Crippen LogP contribution is -2.04. The summed E-state index contributed by atoms with van der Waals surface area (Å²) in [6.07, 6.45) is 0. The summed E-state index contributed by atoms with van der Waals surface area (Å²) in [5.41, 5.74) is 3.07. The lowest BCUT2D eigenvalue weighted by Gasteiger charge is -2.00. The third-order valence-electron chi connectivity index (χ3n) is 1.96. The van der Waals surface area contributed by atoms with Gasteiger partial charge in [0.1, 0.15) is 0 Å². The molecule has 2 nitrogen and oxygen atoms in total. The molecule has 0 heterocycles. The minimum atomic E-state index is 0.0884. The van der Waals surface area contributed by atoms with Crippen LogP contribution in [0.4, 0.5) is 0 Å². The highest BCUT2D eigenvalue weighted by Crippen LogP contribution is 2.09. The van der Waals surface area contributed by atoms with Gasteiger partial charge in [0.25, 0.3) is 0 Å². The highest BCUT2D eigenvalue weighted by atomic mass is 16.3. The van der Waals surface area contributed by atoms with E-state index in [2.05, 4.69) is 17.2 Å². The molecule has 14 heavy (non-hydrogen) atoms. The van der Waals surface area contributed by atoms with Crippen LogP contribution in [0.15, 0.2) is 18.2 Å². The Kier molecular flexibility index (Phi) is 4.18. The molecule has 2 heteroatoms. The minimum Gasteiger partial charge on any atom is -0.392 e. The van der Waals surface area contributed by atoms with Crippen molar-refractivity contribution in [1.82, 2.24) is 5.32 Å². The Bertz CT molecular complexity index is 360. The predicted octanol–water partition coefficient (Wildman–Crippen LogP) is 1.06. The van der Waals surface area contributed by atoms with Gasteiger partial charge in [-0.1, -0.05) is 24.0 Å². The molecule has 0 amide bonds. The minimum absolute atomic E-state index is 0.0884. The fourth-order valence-corrected chi connectivity index (χ4v) is 1.19. The summed E-state index contributed by atoms with van der Waals surface area (Å²) in [5.74, 6) is 6.08. The molecular formula is C12H15NO. The molecule has 0 aromatic heterocycles. The van der Waals surface area contributed by atoms with Crippen LogP contribution in [0.3, 0.4) is 0 Å². The molecule has 0 spiro atoms. The molecule has 0 aliphatic heterocycles. The molecule has 74 valence electrons.